The Morgan fingerprint density at radius 1 is 1.36 bits per heavy atom. The molecule has 3 nitrogen and oxygen atoms in total. The summed E-state index contributed by atoms with van der Waals surface area (Å²) in [6.07, 6.45) is 7.97. The second-order valence-corrected chi connectivity index (χ2v) is 4.21. The average molecular weight is 196 g/mol. The summed E-state index contributed by atoms with van der Waals surface area (Å²) < 4.78 is 10.2. The van der Waals surface area contributed by atoms with Crippen molar-refractivity contribution in [3.8, 4) is 0 Å². The minimum atomic E-state index is -0.316. The molecule has 1 fully saturated rings. The molecule has 3 heteroatoms. The van der Waals surface area contributed by atoms with Crippen molar-refractivity contribution in [2.75, 3.05) is 13.7 Å². The number of methoxy groups -OCH3 is 1. The van der Waals surface area contributed by atoms with Gasteiger partial charge in [0.15, 0.2) is 0 Å². The summed E-state index contributed by atoms with van der Waals surface area (Å²) >= 11 is 0. The van der Waals surface area contributed by atoms with Crippen LogP contribution in [-0.2, 0) is 14.3 Å². The zero-order valence-corrected chi connectivity index (χ0v) is 8.54. The van der Waals surface area contributed by atoms with Crippen molar-refractivity contribution in [2.45, 2.75) is 32.1 Å². The first-order chi connectivity index (χ1) is 6.76. The molecule has 0 bridgehead atoms. The maximum absolute atomic E-state index is 11.2. The number of rotatable bonds is 1. The van der Waals surface area contributed by atoms with E-state index in [1.54, 1.807) is 0 Å². The summed E-state index contributed by atoms with van der Waals surface area (Å²) in [5, 5.41) is 0. The van der Waals surface area contributed by atoms with Crippen LogP contribution in [0, 0.1) is 5.41 Å². The minimum absolute atomic E-state index is 0.0809. The highest BCUT2D eigenvalue weighted by molar-refractivity contribution is 5.87. The van der Waals surface area contributed by atoms with E-state index in [1.165, 1.54) is 26.4 Å². The highest BCUT2D eigenvalue weighted by Crippen LogP contribution is 2.40. The number of ether oxygens (including phenoxy) is 2. The normalized spacial score (nSPS) is 25.5. The zero-order chi connectivity index (χ0) is 10.0. The molecule has 0 aromatic rings. The van der Waals surface area contributed by atoms with Gasteiger partial charge in [-0.3, -0.25) is 0 Å². The molecule has 2 rings (SSSR count). The molecule has 0 saturated heterocycles. The third-order valence-corrected chi connectivity index (χ3v) is 3.20. The summed E-state index contributed by atoms with van der Waals surface area (Å²) in [7, 11) is 1.52. The third kappa shape index (κ3) is 1.63. The van der Waals surface area contributed by atoms with Crippen molar-refractivity contribution >= 4 is 5.97 Å². The molecule has 0 aromatic heterocycles. The maximum atomic E-state index is 11.2. The van der Waals surface area contributed by atoms with E-state index in [9.17, 15) is 4.79 Å². The second kappa shape index (κ2) is 3.64. The van der Waals surface area contributed by atoms with Crippen LogP contribution in [-0.4, -0.2) is 19.7 Å². The van der Waals surface area contributed by atoms with Gasteiger partial charge >= 0.3 is 5.97 Å². The van der Waals surface area contributed by atoms with Gasteiger partial charge in [0, 0.05) is 5.41 Å². The van der Waals surface area contributed by atoms with Crippen LogP contribution in [0.4, 0.5) is 0 Å². The fraction of sp³-hybridized carbons (Fsp3) is 0.727. The van der Waals surface area contributed by atoms with E-state index in [4.69, 9.17) is 9.47 Å². The van der Waals surface area contributed by atoms with E-state index in [2.05, 4.69) is 0 Å². The predicted molar refractivity (Wildman–Crippen MR) is 51.6 cm³/mol. The zero-order valence-electron chi connectivity index (χ0n) is 8.54. The molecule has 0 aromatic carbocycles. The quantitative estimate of drug-likeness (QED) is 0.602. The lowest BCUT2D eigenvalue weighted by Gasteiger charge is -2.36. The summed E-state index contributed by atoms with van der Waals surface area (Å²) in [6, 6.07) is 0. The van der Waals surface area contributed by atoms with Gasteiger partial charge in [-0.15, -0.1) is 0 Å². The van der Waals surface area contributed by atoms with Crippen LogP contribution in [0.1, 0.15) is 32.1 Å². The lowest BCUT2D eigenvalue weighted by molar-refractivity contribution is -0.148. The standard InChI is InChI=1S/C11H16O3/c1-13-9-7-11(8-14-10(9)12)5-3-2-4-6-11/h7H,2-6,8H2,1H3. The topological polar surface area (TPSA) is 35.5 Å². The smallest absolute Gasteiger partial charge is 0.373 e. The monoisotopic (exact) mass is 196 g/mol. The van der Waals surface area contributed by atoms with Crippen LogP contribution in [0.3, 0.4) is 0 Å². The van der Waals surface area contributed by atoms with Crippen molar-refractivity contribution in [3.63, 3.8) is 0 Å². The number of hydrogen-bond acceptors (Lipinski definition) is 3. The van der Waals surface area contributed by atoms with Gasteiger partial charge in [0.05, 0.1) is 7.11 Å². The fourth-order valence-corrected chi connectivity index (χ4v) is 2.35. The van der Waals surface area contributed by atoms with Gasteiger partial charge in [-0.1, -0.05) is 19.3 Å². The molecular weight excluding hydrogens is 180 g/mol. The molecular formula is C11H16O3. The first-order valence-electron chi connectivity index (χ1n) is 5.20. The number of carbonyl (C=O) groups is 1. The molecule has 1 aliphatic carbocycles. The Kier molecular flexibility index (Phi) is 2.48. The molecule has 1 spiro atoms. The first-order valence-corrected chi connectivity index (χ1v) is 5.20. The van der Waals surface area contributed by atoms with Gasteiger partial charge in [-0.25, -0.2) is 4.79 Å². The SMILES string of the molecule is COC1=CC2(CCCCC2)COC1=O. The maximum Gasteiger partial charge on any atom is 0.373 e. The Balaban J connectivity index is 2.20. The Morgan fingerprint density at radius 3 is 2.71 bits per heavy atom. The van der Waals surface area contributed by atoms with Crippen LogP contribution in [0.5, 0.6) is 0 Å². The number of hydrogen-bond donors (Lipinski definition) is 0. The van der Waals surface area contributed by atoms with Crippen molar-refractivity contribution in [3.05, 3.63) is 11.8 Å². The van der Waals surface area contributed by atoms with E-state index in [1.807, 2.05) is 6.08 Å². The molecule has 78 valence electrons. The Hall–Kier alpha value is -0.990. The Bertz CT molecular complexity index is 262. The van der Waals surface area contributed by atoms with Crippen LogP contribution in [0.2, 0.25) is 0 Å². The molecule has 0 amide bonds. The van der Waals surface area contributed by atoms with Crippen molar-refractivity contribution in [2.24, 2.45) is 5.41 Å². The first kappa shape index (κ1) is 9.56. The molecule has 0 unspecified atom stereocenters. The molecule has 2 aliphatic rings. The number of esters is 1. The van der Waals surface area contributed by atoms with E-state index in [0.29, 0.717) is 12.4 Å². The number of cyclic esters (lactones) is 1. The van der Waals surface area contributed by atoms with Crippen molar-refractivity contribution in [1.82, 2.24) is 0 Å². The molecule has 1 aliphatic heterocycles. The average Bonchev–Trinajstić information content (AvgIpc) is 2.23. The summed E-state index contributed by atoms with van der Waals surface area (Å²) in [5.74, 6) is 0.0712. The van der Waals surface area contributed by atoms with E-state index in [0.717, 1.165) is 12.8 Å². The molecule has 1 heterocycles. The fourth-order valence-electron chi connectivity index (χ4n) is 2.35. The van der Waals surface area contributed by atoms with E-state index < -0.39 is 0 Å². The van der Waals surface area contributed by atoms with Gasteiger partial charge in [0.25, 0.3) is 0 Å². The van der Waals surface area contributed by atoms with Gasteiger partial charge in [-0.2, -0.15) is 0 Å². The van der Waals surface area contributed by atoms with E-state index in [-0.39, 0.29) is 11.4 Å². The molecule has 14 heavy (non-hydrogen) atoms. The van der Waals surface area contributed by atoms with Gasteiger partial charge < -0.3 is 9.47 Å². The lowest BCUT2D eigenvalue weighted by Crippen LogP contribution is -2.34. The summed E-state index contributed by atoms with van der Waals surface area (Å²) in [4.78, 5) is 11.2. The third-order valence-electron chi connectivity index (χ3n) is 3.20. The highest BCUT2D eigenvalue weighted by Gasteiger charge is 2.37. The molecule has 0 N–H and O–H groups in total. The summed E-state index contributed by atoms with van der Waals surface area (Å²) in [5.41, 5.74) is 0.0809. The molecule has 1 saturated carbocycles. The lowest BCUT2D eigenvalue weighted by atomic mass is 9.73. The van der Waals surface area contributed by atoms with Crippen LogP contribution in [0.25, 0.3) is 0 Å². The largest absolute Gasteiger partial charge is 0.490 e. The van der Waals surface area contributed by atoms with E-state index >= 15 is 0 Å². The highest BCUT2D eigenvalue weighted by atomic mass is 16.6. The molecule has 0 radical (unpaired) electrons. The van der Waals surface area contributed by atoms with Crippen LogP contribution < -0.4 is 0 Å². The Morgan fingerprint density at radius 2 is 2.07 bits per heavy atom. The van der Waals surface area contributed by atoms with Gasteiger partial charge in [0.2, 0.25) is 5.76 Å². The number of carbonyl (C=O) groups excluding carboxylic acids is 1. The summed E-state index contributed by atoms with van der Waals surface area (Å²) in [6.45, 7) is 0.540. The van der Waals surface area contributed by atoms with Crippen molar-refractivity contribution in [1.29, 1.82) is 0 Å². The second-order valence-electron chi connectivity index (χ2n) is 4.21. The minimum Gasteiger partial charge on any atom is -0.490 e. The van der Waals surface area contributed by atoms with Crippen molar-refractivity contribution < 1.29 is 14.3 Å². The van der Waals surface area contributed by atoms with Gasteiger partial charge in [0.1, 0.15) is 6.61 Å². The van der Waals surface area contributed by atoms with Gasteiger partial charge in [-0.05, 0) is 18.9 Å². The van der Waals surface area contributed by atoms with Crippen LogP contribution in [0.15, 0.2) is 11.8 Å². The predicted octanol–water partition coefficient (Wildman–Crippen LogP) is 2.02. The molecule has 0 atom stereocenters. The van der Waals surface area contributed by atoms with Crippen LogP contribution >= 0.6 is 0 Å². The Labute approximate surface area is 84.1 Å².